The summed E-state index contributed by atoms with van der Waals surface area (Å²) < 4.78 is 5.31. The normalized spacial score (nSPS) is 21.4. The molecule has 1 N–H and O–H groups in total. The summed E-state index contributed by atoms with van der Waals surface area (Å²) in [7, 11) is 0. The van der Waals surface area contributed by atoms with Gasteiger partial charge >= 0.3 is 0 Å². The first-order valence-corrected chi connectivity index (χ1v) is 8.79. The topological polar surface area (TPSA) is 87.2 Å². The van der Waals surface area contributed by atoms with Crippen LogP contribution >= 0.6 is 0 Å². The number of aromatic amines is 1. The SMILES string of the molecule is O=C(c1cc(C2CCCCN2c2ncccn2)[nH]n1)N1CCOCC1. The molecular weight excluding hydrogens is 320 g/mol. The molecule has 2 fully saturated rings. The third kappa shape index (κ3) is 3.34. The van der Waals surface area contributed by atoms with E-state index in [2.05, 4.69) is 25.1 Å². The molecule has 25 heavy (non-hydrogen) atoms. The van der Waals surface area contributed by atoms with Crippen molar-refractivity contribution in [2.24, 2.45) is 0 Å². The number of nitrogens with zero attached hydrogens (tertiary/aromatic N) is 5. The van der Waals surface area contributed by atoms with Crippen molar-refractivity contribution in [2.75, 3.05) is 37.7 Å². The third-order valence-electron chi connectivity index (χ3n) is 4.79. The molecule has 4 heterocycles. The Labute approximate surface area is 146 Å². The molecule has 2 saturated heterocycles. The summed E-state index contributed by atoms with van der Waals surface area (Å²) in [6, 6.07) is 3.82. The second kappa shape index (κ2) is 7.18. The summed E-state index contributed by atoms with van der Waals surface area (Å²) in [4.78, 5) is 25.4. The van der Waals surface area contributed by atoms with Crippen molar-refractivity contribution in [3.05, 3.63) is 35.9 Å². The van der Waals surface area contributed by atoms with Crippen LogP contribution in [0.5, 0.6) is 0 Å². The lowest BCUT2D eigenvalue weighted by atomic mass is 9.99. The quantitative estimate of drug-likeness (QED) is 0.907. The number of rotatable bonds is 3. The van der Waals surface area contributed by atoms with Gasteiger partial charge < -0.3 is 14.5 Å². The number of carbonyl (C=O) groups excluding carboxylic acids is 1. The molecule has 2 aromatic heterocycles. The fourth-order valence-corrected chi connectivity index (χ4v) is 3.48. The molecule has 0 aromatic carbocycles. The molecule has 1 atom stereocenters. The van der Waals surface area contributed by atoms with Crippen molar-refractivity contribution in [2.45, 2.75) is 25.3 Å². The van der Waals surface area contributed by atoms with Gasteiger partial charge in [-0.1, -0.05) is 0 Å². The van der Waals surface area contributed by atoms with Gasteiger partial charge in [-0.25, -0.2) is 9.97 Å². The van der Waals surface area contributed by atoms with Crippen LogP contribution < -0.4 is 4.90 Å². The highest BCUT2D eigenvalue weighted by Crippen LogP contribution is 2.32. The van der Waals surface area contributed by atoms with Gasteiger partial charge in [0.15, 0.2) is 0 Å². The lowest BCUT2D eigenvalue weighted by molar-refractivity contribution is 0.0299. The van der Waals surface area contributed by atoms with E-state index in [9.17, 15) is 4.79 Å². The Kier molecular flexibility index (Phi) is 4.60. The molecule has 4 rings (SSSR count). The average Bonchev–Trinajstić information content (AvgIpc) is 3.19. The first-order valence-electron chi connectivity index (χ1n) is 8.79. The Bertz CT molecular complexity index is 713. The Morgan fingerprint density at radius 2 is 1.96 bits per heavy atom. The zero-order chi connectivity index (χ0) is 17.1. The van der Waals surface area contributed by atoms with Crippen LogP contribution in [0.15, 0.2) is 24.5 Å². The Morgan fingerprint density at radius 3 is 2.76 bits per heavy atom. The van der Waals surface area contributed by atoms with Gasteiger partial charge in [0.2, 0.25) is 5.95 Å². The van der Waals surface area contributed by atoms with Gasteiger partial charge in [0.05, 0.1) is 24.9 Å². The molecule has 0 aliphatic carbocycles. The number of piperidine rings is 1. The zero-order valence-corrected chi connectivity index (χ0v) is 14.1. The Hall–Kier alpha value is -2.48. The molecule has 0 radical (unpaired) electrons. The molecule has 1 amide bonds. The largest absolute Gasteiger partial charge is 0.378 e. The molecule has 8 heteroatoms. The molecule has 132 valence electrons. The van der Waals surface area contributed by atoms with Gasteiger partial charge in [0.25, 0.3) is 5.91 Å². The Balaban J connectivity index is 1.54. The lowest BCUT2D eigenvalue weighted by Crippen LogP contribution is -2.40. The van der Waals surface area contributed by atoms with Crippen molar-refractivity contribution >= 4 is 11.9 Å². The van der Waals surface area contributed by atoms with Crippen LogP contribution in [0.3, 0.4) is 0 Å². The Morgan fingerprint density at radius 1 is 1.16 bits per heavy atom. The lowest BCUT2D eigenvalue weighted by Gasteiger charge is -2.34. The number of H-pyrrole nitrogens is 1. The fourth-order valence-electron chi connectivity index (χ4n) is 3.48. The van der Waals surface area contributed by atoms with E-state index in [4.69, 9.17) is 4.74 Å². The van der Waals surface area contributed by atoms with E-state index < -0.39 is 0 Å². The number of amides is 1. The summed E-state index contributed by atoms with van der Waals surface area (Å²) in [5, 5.41) is 7.34. The number of carbonyl (C=O) groups is 1. The second-order valence-electron chi connectivity index (χ2n) is 6.37. The summed E-state index contributed by atoms with van der Waals surface area (Å²) in [5.74, 6) is 0.687. The maximum absolute atomic E-state index is 12.6. The number of nitrogens with one attached hydrogen (secondary N) is 1. The van der Waals surface area contributed by atoms with Crippen LogP contribution in [0.25, 0.3) is 0 Å². The van der Waals surface area contributed by atoms with Crippen molar-refractivity contribution < 1.29 is 9.53 Å². The third-order valence-corrected chi connectivity index (χ3v) is 4.79. The predicted molar refractivity (Wildman–Crippen MR) is 91.3 cm³/mol. The molecule has 0 saturated carbocycles. The maximum Gasteiger partial charge on any atom is 0.274 e. The average molecular weight is 342 g/mol. The molecular formula is C17H22N6O2. The van der Waals surface area contributed by atoms with Crippen LogP contribution in [0, 0.1) is 0 Å². The number of aromatic nitrogens is 4. The fraction of sp³-hybridized carbons (Fsp3) is 0.529. The molecule has 2 aromatic rings. The minimum atomic E-state index is -0.0379. The highest BCUT2D eigenvalue weighted by atomic mass is 16.5. The second-order valence-corrected chi connectivity index (χ2v) is 6.37. The van der Waals surface area contributed by atoms with E-state index in [-0.39, 0.29) is 11.9 Å². The monoisotopic (exact) mass is 342 g/mol. The molecule has 1 unspecified atom stereocenters. The maximum atomic E-state index is 12.6. The summed E-state index contributed by atoms with van der Waals surface area (Å²) in [5.41, 5.74) is 1.42. The molecule has 8 nitrogen and oxygen atoms in total. The van der Waals surface area contributed by atoms with Crippen LogP contribution in [0.2, 0.25) is 0 Å². The van der Waals surface area contributed by atoms with Crippen LogP contribution in [0.4, 0.5) is 5.95 Å². The van der Waals surface area contributed by atoms with Crippen LogP contribution in [-0.2, 0) is 4.74 Å². The van der Waals surface area contributed by atoms with E-state index in [1.54, 1.807) is 17.3 Å². The molecule has 2 aliphatic heterocycles. The molecule has 2 aliphatic rings. The van der Waals surface area contributed by atoms with Crippen molar-refractivity contribution in [1.29, 1.82) is 0 Å². The summed E-state index contributed by atoms with van der Waals surface area (Å²) in [6.45, 7) is 3.32. The van der Waals surface area contributed by atoms with E-state index in [1.807, 2.05) is 12.1 Å². The number of hydrogen-bond donors (Lipinski definition) is 1. The first-order chi connectivity index (χ1) is 12.3. The minimum Gasteiger partial charge on any atom is -0.378 e. The van der Waals surface area contributed by atoms with E-state index in [1.165, 1.54) is 0 Å². The predicted octanol–water partition coefficient (Wildman–Crippen LogP) is 1.40. The number of hydrogen-bond acceptors (Lipinski definition) is 6. The van der Waals surface area contributed by atoms with E-state index in [0.29, 0.717) is 32.0 Å². The van der Waals surface area contributed by atoms with Crippen LogP contribution in [0.1, 0.15) is 41.5 Å². The van der Waals surface area contributed by atoms with Gasteiger partial charge in [0.1, 0.15) is 5.69 Å². The van der Waals surface area contributed by atoms with Gasteiger partial charge in [0, 0.05) is 32.0 Å². The standard InChI is InChI=1S/C17H22N6O2/c24-16(22-8-10-25-11-9-22)14-12-13(20-21-14)15-4-1-2-7-23(15)17-18-5-3-6-19-17/h3,5-6,12,15H,1-2,4,7-11H2,(H,20,21). The smallest absolute Gasteiger partial charge is 0.274 e. The zero-order valence-electron chi connectivity index (χ0n) is 14.1. The number of morpholine rings is 1. The first kappa shape index (κ1) is 16.0. The molecule has 0 spiro atoms. The van der Waals surface area contributed by atoms with E-state index in [0.717, 1.165) is 37.4 Å². The van der Waals surface area contributed by atoms with Crippen molar-refractivity contribution in [3.8, 4) is 0 Å². The molecule has 0 bridgehead atoms. The van der Waals surface area contributed by atoms with Crippen molar-refractivity contribution in [3.63, 3.8) is 0 Å². The van der Waals surface area contributed by atoms with E-state index >= 15 is 0 Å². The van der Waals surface area contributed by atoms with Crippen molar-refractivity contribution in [1.82, 2.24) is 25.1 Å². The number of anilines is 1. The van der Waals surface area contributed by atoms with Gasteiger partial charge in [-0.3, -0.25) is 9.89 Å². The van der Waals surface area contributed by atoms with Gasteiger partial charge in [-0.15, -0.1) is 0 Å². The summed E-state index contributed by atoms with van der Waals surface area (Å²) >= 11 is 0. The minimum absolute atomic E-state index is 0.0379. The van der Waals surface area contributed by atoms with Crippen LogP contribution in [-0.4, -0.2) is 63.8 Å². The highest BCUT2D eigenvalue weighted by Gasteiger charge is 2.29. The van der Waals surface area contributed by atoms with Gasteiger partial charge in [-0.2, -0.15) is 5.10 Å². The number of ether oxygens (including phenoxy) is 1. The van der Waals surface area contributed by atoms with Gasteiger partial charge in [-0.05, 0) is 31.4 Å². The highest BCUT2D eigenvalue weighted by molar-refractivity contribution is 5.92. The summed E-state index contributed by atoms with van der Waals surface area (Å²) in [6.07, 6.45) is 6.76.